The van der Waals surface area contributed by atoms with Gasteiger partial charge < -0.3 is 20.5 Å². The summed E-state index contributed by atoms with van der Waals surface area (Å²) in [6.45, 7) is 1.17. The topological polar surface area (TPSA) is 56.5 Å². The molecule has 1 aromatic carbocycles. The third kappa shape index (κ3) is 1.24. The van der Waals surface area contributed by atoms with Gasteiger partial charge in [-0.25, -0.2) is 0 Å². The molecule has 1 aromatic rings. The van der Waals surface area contributed by atoms with Crippen molar-refractivity contribution in [2.75, 3.05) is 31.3 Å². The molecule has 0 radical (unpaired) electrons. The largest absolute Gasteiger partial charge is 0.486 e. The SMILES string of the molecule is CNc1c(N)ccc2c1OCCO2. The Bertz CT molecular complexity index is 326. The summed E-state index contributed by atoms with van der Waals surface area (Å²) in [4.78, 5) is 0. The van der Waals surface area contributed by atoms with Crippen molar-refractivity contribution in [1.82, 2.24) is 0 Å². The van der Waals surface area contributed by atoms with Crippen LogP contribution in [0, 0.1) is 0 Å². The van der Waals surface area contributed by atoms with Gasteiger partial charge in [-0.1, -0.05) is 0 Å². The van der Waals surface area contributed by atoms with Crippen molar-refractivity contribution in [3.05, 3.63) is 12.1 Å². The fraction of sp³-hybridized carbons (Fsp3) is 0.333. The predicted molar refractivity (Wildman–Crippen MR) is 51.4 cm³/mol. The number of hydrogen-bond acceptors (Lipinski definition) is 4. The van der Waals surface area contributed by atoms with Crippen molar-refractivity contribution in [3.8, 4) is 11.5 Å². The highest BCUT2D eigenvalue weighted by Gasteiger charge is 2.16. The van der Waals surface area contributed by atoms with Crippen molar-refractivity contribution in [2.24, 2.45) is 0 Å². The van der Waals surface area contributed by atoms with E-state index in [9.17, 15) is 0 Å². The molecule has 0 aromatic heterocycles. The Morgan fingerprint density at radius 3 is 2.85 bits per heavy atom. The van der Waals surface area contributed by atoms with Crippen molar-refractivity contribution in [1.29, 1.82) is 0 Å². The molecule has 3 N–H and O–H groups in total. The van der Waals surface area contributed by atoms with Crippen LogP contribution in [0.5, 0.6) is 11.5 Å². The Labute approximate surface area is 76.6 Å². The van der Waals surface area contributed by atoms with E-state index < -0.39 is 0 Å². The second kappa shape index (κ2) is 3.05. The van der Waals surface area contributed by atoms with Gasteiger partial charge in [0.15, 0.2) is 11.5 Å². The van der Waals surface area contributed by atoms with Crippen molar-refractivity contribution in [2.45, 2.75) is 0 Å². The first-order valence-electron chi connectivity index (χ1n) is 4.18. The van der Waals surface area contributed by atoms with Crippen LogP contribution in [-0.2, 0) is 0 Å². The summed E-state index contributed by atoms with van der Waals surface area (Å²) in [7, 11) is 1.81. The molecule has 0 atom stereocenters. The average Bonchev–Trinajstić information content (AvgIpc) is 2.18. The molecule has 0 aliphatic carbocycles. The van der Waals surface area contributed by atoms with Crippen LogP contribution in [0.1, 0.15) is 0 Å². The summed E-state index contributed by atoms with van der Waals surface area (Å²) in [5.74, 6) is 1.47. The van der Waals surface area contributed by atoms with Gasteiger partial charge >= 0.3 is 0 Å². The van der Waals surface area contributed by atoms with Crippen molar-refractivity contribution < 1.29 is 9.47 Å². The summed E-state index contributed by atoms with van der Waals surface area (Å²) in [6.07, 6.45) is 0. The van der Waals surface area contributed by atoms with Crippen LogP contribution in [0.3, 0.4) is 0 Å². The van der Waals surface area contributed by atoms with Crippen molar-refractivity contribution in [3.63, 3.8) is 0 Å². The van der Waals surface area contributed by atoms with Gasteiger partial charge in [-0.3, -0.25) is 0 Å². The Morgan fingerprint density at radius 1 is 1.31 bits per heavy atom. The van der Waals surface area contributed by atoms with Crippen molar-refractivity contribution >= 4 is 11.4 Å². The quantitative estimate of drug-likeness (QED) is 0.635. The number of benzene rings is 1. The van der Waals surface area contributed by atoms with E-state index in [-0.39, 0.29) is 0 Å². The normalized spacial score (nSPS) is 13.9. The first-order chi connectivity index (χ1) is 6.33. The second-order valence-electron chi connectivity index (χ2n) is 2.80. The van der Waals surface area contributed by atoms with Crippen LogP contribution >= 0.6 is 0 Å². The highest BCUT2D eigenvalue weighted by atomic mass is 16.6. The summed E-state index contributed by atoms with van der Waals surface area (Å²) < 4.78 is 10.9. The average molecular weight is 180 g/mol. The molecule has 0 bridgehead atoms. The smallest absolute Gasteiger partial charge is 0.186 e. The van der Waals surface area contributed by atoms with E-state index in [0.717, 1.165) is 11.4 Å². The van der Waals surface area contributed by atoms with E-state index >= 15 is 0 Å². The third-order valence-corrected chi connectivity index (χ3v) is 1.99. The van der Waals surface area contributed by atoms with E-state index in [0.29, 0.717) is 24.7 Å². The summed E-state index contributed by atoms with van der Waals surface area (Å²) in [6, 6.07) is 3.63. The number of anilines is 2. The summed E-state index contributed by atoms with van der Waals surface area (Å²) >= 11 is 0. The molecule has 0 amide bonds. The van der Waals surface area contributed by atoms with Crippen LogP contribution < -0.4 is 20.5 Å². The molecule has 2 rings (SSSR count). The molecule has 0 fully saturated rings. The Kier molecular flexibility index (Phi) is 1.88. The van der Waals surface area contributed by atoms with Gasteiger partial charge in [-0.2, -0.15) is 0 Å². The predicted octanol–water partition coefficient (Wildman–Crippen LogP) is 1.08. The fourth-order valence-electron chi connectivity index (χ4n) is 1.39. The molecule has 1 heterocycles. The number of nitrogens with one attached hydrogen (secondary N) is 1. The lowest BCUT2D eigenvalue weighted by Crippen LogP contribution is -2.16. The lowest BCUT2D eigenvalue weighted by molar-refractivity contribution is 0.172. The number of rotatable bonds is 1. The molecule has 0 saturated carbocycles. The first kappa shape index (κ1) is 8.04. The number of nitrogen functional groups attached to an aromatic ring is 1. The van der Waals surface area contributed by atoms with Gasteiger partial charge in [-0.15, -0.1) is 0 Å². The number of hydrogen-bond donors (Lipinski definition) is 2. The van der Waals surface area contributed by atoms with Crippen LogP contribution in [0.4, 0.5) is 11.4 Å². The number of nitrogens with two attached hydrogens (primary N) is 1. The van der Waals surface area contributed by atoms with Gasteiger partial charge in [0, 0.05) is 7.05 Å². The maximum Gasteiger partial charge on any atom is 0.186 e. The van der Waals surface area contributed by atoms with E-state index in [1.54, 1.807) is 6.07 Å². The van der Waals surface area contributed by atoms with Gasteiger partial charge in [0.2, 0.25) is 0 Å². The third-order valence-electron chi connectivity index (χ3n) is 1.99. The lowest BCUT2D eigenvalue weighted by Gasteiger charge is -2.21. The molecule has 0 saturated heterocycles. The summed E-state index contributed by atoms with van der Waals surface area (Å²) in [5, 5.41) is 2.99. The molecule has 70 valence electrons. The molecule has 0 unspecified atom stereocenters. The van der Waals surface area contributed by atoms with Gasteiger partial charge in [0.25, 0.3) is 0 Å². The lowest BCUT2D eigenvalue weighted by atomic mass is 10.2. The standard InChI is InChI=1S/C9H12N2O2/c1-11-8-6(10)2-3-7-9(8)13-5-4-12-7/h2-3,11H,4-5,10H2,1H3. The van der Waals surface area contributed by atoms with E-state index in [4.69, 9.17) is 15.2 Å². The molecule has 1 aliphatic rings. The molecule has 0 spiro atoms. The first-order valence-corrected chi connectivity index (χ1v) is 4.18. The monoisotopic (exact) mass is 180 g/mol. The zero-order chi connectivity index (χ0) is 9.26. The second-order valence-corrected chi connectivity index (χ2v) is 2.80. The molecular weight excluding hydrogens is 168 g/mol. The highest BCUT2D eigenvalue weighted by Crippen LogP contribution is 2.40. The molecular formula is C9H12N2O2. The van der Waals surface area contributed by atoms with E-state index in [1.807, 2.05) is 13.1 Å². The zero-order valence-electron chi connectivity index (χ0n) is 7.46. The molecule has 1 aliphatic heterocycles. The Balaban J connectivity index is 2.52. The molecule has 4 nitrogen and oxygen atoms in total. The number of fused-ring (bicyclic) bond motifs is 1. The Morgan fingerprint density at radius 2 is 2.08 bits per heavy atom. The zero-order valence-corrected chi connectivity index (χ0v) is 7.46. The maximum atomic E-state index is 5.76. The maximum absolute atomic E-state index is 5.76. The molecule has 13 heavy (non-hydrogen) atoms. The molecule has 4 heteroatoms. The highest BCUT2D eigenvalue weighted by molar-refractivity contribution is 5.77. The number of ether oxygens (including phenoxy) is 2. The van der Waals surface area contributed by atoms with Crippen LogP contribution in [0.25, 0.3) is 0 Å². The van der Waals surface area contributed by atoms with Crippen LogP contribution in [-0.4, -0.2) is 20.3 Å². The van der Waals surface area contributed by atoms with Crippen LogP contribution in [0.2, 0.25) is 0 Å². The van der Waals surface area contributed by atoms with Gasteiger partial charge in [0.1, 0.15) is 18.9 Å². The minimum absolute atomic E-state index is 0.575. The van der Waals surface area contributed by atoms with E-state index in [2.05, 4.69) is 5.32 Å². The minimum atomic E-state index is 0.575. The van der Waals surface area contributed by atoms with Crippen LogP contribution in [0.15, 0.2) is 12.1 Å². The summed E-state index contributed by atoms with van der Waals surface area (Å²) in [5.41, 5.74) is 7.23. The van der Waals surface area contributed by atoms with Gasteiger partial charge in [0.05, 0.1) is 5.69 Å². The fourth-order valence-corrected chi connectivity index (χ4v) is 1.39. The minimum Gasteiger partial charge on any atom is -0.486 e. The van der Waals surface area contributed by atoms with E-state index in [1.165, 1.54) is 0 Å². The Hall–Kier alpha value is -1.58. The van der Waals surface area contributed by atoms with Gasteiger partial charge in [-0.05, 0) is 12.1 Å².